The van der Waals surface area contributed by atoms with E-state index in [2.05, 4.69) is 27.7 Å². The fraction of sp³-hybridized carbons (Fsp3) is 0.923. The van der Waals surface area contributed by atoms with Gasteiger partial charge in [-0.05, 0) is 38.6 Å². The van der Waals surface area contributed by atoms with Crippen LogP contribution in [-0.2, 0) is 4.79 Å². The highest BCUT2D eigenvalue weighted by Gasteiger charge is 2.25. The maximum atomic E-state index is 11.0. The molecule has 0 aromatic heterocycles. The molecule has 3 heteroatoms. The smallest absolute Gasteiger partial charge is 0.320 e. The first-order valence-corrected chi connectivity index (χ1v) is 6.20. The van der Waals surface area contributed by atoms with Gasteiger partial charge in [-0.25, -0.2) is 0 Å². The number of hydrogen-bond donors (Lipinski definition) is 1. The minimum absolute atomic E-state index is 0.367. The van der Waals surface area contributed by atoms with Gasteiger partial charge in [-0.3, -0.25) is 9.69 Å². The van der Waals surface area contributed by atoms with Crippen molar-refractivity contribution in [1.29, 1.82) is 0 Å². The van der Waals surface area contributed by atoms with Crippen molar-refractivity contribution in [2.24, 2.45) is 11.8 Å². The summed E-state index contributed by atoms with van der Waals surface area (Å²) in [7, 11) is 1.92. The number of rotatable bonds is 7. The van der Waals surface area contributed by atoms with Crippen LogP contribution in [0.3, 0.4) is 0 Å². The molecule has 0 aliphatic rings. The minimum atomic E-state index is -0.736. The Labute approximate surface area is 99.8 Å². The van der Waals surface area contributed by atoms with Gasteiger partial charge in [0.2, 0.25) is 0 Å². The molecule has 3 nitrogen and oxygen atoms in total. The molecular formula is C13H27NO2. The first kappa shape index (κ1) is 15.4. The molecule has 0 amide bonds. The molecule has 0 aliphatic carbocycles. The first-order chi connectivity index (χ1) is 7.25. The molecule has 0 bridgehead atoms. The summed E-state index contributed by atoms with van der Waals surface area (Å²) >= 11 is 0. The predicted molar refractivity (Wildman–Crippen MR) is 67.6 cm³/mol. The Morgan fingerprint density at radius 2 is 1.44 bits per heavy atom. The molecular weight excluding hydrogens is 202 g/mol. The molecule has 1 N–H and O–H groups in total. The third kappa shape index (κ3) is 5.50. The quantitative estimate of drug-likeness (QED) is 0.729. The predicted octanol–water partition coefficient (Wildman–Crippen LogP) is 2.85. The van der Waals surface area contributed by atoms with Crippen LogP contribution in [0.4, 0.5) is 0 Å². The van der Waals surface area contributed by atoms with E-state index in [0.717, 1.165) is 12.8 Å². The molecule has 0 spiro atoms. The average molecular weight is 229 g/mol. The van der Waals surface area contributed by atoms with E-state index in [-0.39, 0.29) is 0 Å². The highest BCUT2D eigenvalue weighted by molar-refractivity contribution is 5.72. The van der Waals surface area contributed by atoms with Crippen molar-refractivity contribution < 1.29 is 9.90 Å². The first-order valence-electron chi connectivity index (χ1n) is 6.20. The Morgan fingerprint density at radius 3 is 1.69 bits per heavy atom. The van der Waals surface area contributed by atoms with Crippen LogP contribution < -0.4 is 0 Å². The van der Waals surface area contributed by atoms with Crippen molar-refractivity contribution in [3.05, 3.63) is 0 Å². The van der Waals surface area contributed by atoms with Crippen LogP contribution in [0.25, 0.3) is 0 Å². The van der Waals surface area contributed by atoms with E-state index in [4.69, 9.17) is 5.11 Å². The van der Waals surface area contributed by atoms with E-state index in [1.165, 1.54) is 0 Å². The zero-order valence-electron chi connectivity index (χ0n) is 11.5. The van der Waals surface area contributed by atoms with Gasteiger partial charge >= 0.3 is 5.97 Å². The van der Waals surface area contributed by atoms with Gasteiger partial charge in [0, 0.05) is 6.04 Å². The second kappa shape index (κ2) is 6.89. The molecule has 0 heterocycles. The number of hydrogen-bond acceptors (Lipinski definition) is 2. The van der Waals surface area contributed by atoms with Crippen LogP contribution in [0.2, 0.25) is 0 Å². The Hall–Kier alpha value is -0.570. The Kier molecular flexibility index (Phi) is 6.65. The second-order valence-corrected chi connectivity index (χ2v) is 5.59. The van der Waals surface area contributed by atoms with Gasteiger partial charge in [-0.1, -0.05) is 27.7 Å². The average Bonchev–Trinajstić information content (AvgIpc) is 2.12. The summed E-state index contributed by atoms with van der Waals surface area (Å²) in [5.41, 5.74) is 0. The SMILES string of the molecule is CC(C)CC(CC(C)C)N(C)C(C)C(=O)O. The molecule has 0 saturated heterocycles. The maximum absolute atomic E-state index is 11.0. The van der Waals surface area contributed by atoms with Gasteiger partial charge < -0.3 is 5.11 Å². The largest absolute Gasteiger partial charge is 0.480 e. The van der Waals surface area contributed by atoms with Crippen LogP contribution in [0.1, 0.15) is 47.5 Å². The van der Waals surface area contributed by atoms with E-state index >= 15 is 0 Å². The summed E-state index contributed by atoms with van der Waals surface area (Å²) in [6.45, 7) is 10.5. The number of carboxylic acid groups (broad SMARTS) is 1. The van der Waals surface area contributed by atoms with Crippen molar-refractivity contribution in [2.45, 2.75) is 59.5 Å². The molecule has 0 aliphatic heterocycles. The summed E-state index contributed by atoms with van der Waals surface area (Å²) in [5, 5.41) is 9.03. The Balaban J connectivity index is 4.53. The maximum Gasteiger partial charge on any atom is 0.320 e. The lowest BCUT2D eigenvalue weighted by atomic mass is 9.94. The van der Waals surface area contributed by atoms with Gasteiger partial charge in [0.15, 0.2) is 0 Å². The highest BCUT2D eigenvalue weighted by Crippen LogP contribution is 2.19. The van der Waals surface area contributed by atoms with Crippen molar-refractivity contribution >= 4 is 5.97 Å². The topological polar surface area (TPSA) is 40.5 Å². The van der Waals surface area contributed by atoms with E-state index in [0.29, 0.717) is 17.9 Å². The lowest BCUT2D eigenvalue weighted by Crippen LogP contribution is -2.44. The molecule has 0 aromatic carbocycles. The van der Waals surface area contributed by atoms with Crippen LogP contribution in [-0.4, -0.2) is 35.1 Å². The molecule has 0 radical (unpaired) electrons. The summed E-state index contributed by atoms with van der Waals surface area (Å²) in [5.74, 6) is 0.472. The molecule has 0 aromatic rings. The fourth-order valence-corrected chi connectivity index (χ4v) is 2.01. The van der Waals surface area contributed by atoms with Crippen LogP contribution in [0.15, 0.2) is 0 Å². The molecule has 1 atom stereocenters. The van der Waals surface area contributed by atoms with Crippen LogP contribution in [0.5, 0.6) is 0 Å². The molecule has 96 valence electrons. The standard InChI is InChI=1S/C13H27NO2/c1-9(2)7-12(8-10(3)4)14(6)11(5)13(15)16/h9-12H,7-8H2,1-6H3,(H,15,16). The van der Waals surface area contributed by atoms with Crippen LogP contribution in [0, 0.1) is 11.8 Å². The summed E-state index contributed by atoms with van der Waals surface area (Å²) in [4.78, 5) is 13.0. The Morgan fingerprint density at radius 1 is 1.06 bits per heavy atom. The molecule has 1 unspecified atom stereocenters. The van der Waals surface area contributed by atoms with Gasteiger partial charge in [0.25, 0.3) is 0 Å². The number of nitrogens with zero attached hydrogens (tertiary/aromatic N) is 1. The third-order valence-electron chi connectivity index (χ3n) is 3.03. The van der Waals surface area contributed by atoms with Crippen molar-refractivity contribution in [1.82, 2.24) is 4.90 Å². The van der Waals surface area contributed by atoms with E-state index in [1.54, 1.807) is 6.92 Å². The minimum Gasteiger partial charge on any atom is -0.480 e. The summed E-state index contributed by atoms with van der Waals surface area (Å²) < 4.78 is 0. The normalized spacial score (nSPS) is 14.1. The Bertz CT molecular complexity index is 204. The summed E-state index contributed by atoms with van der Waals surface area (Å²) in [6, 6.07) is -0.0337. The molecule has 0 saturated carbocycles. The van der Waals surface area contributed by atoms with Gasteiger partial charge in [-0.2, -0.15) is 0 Å². The fourth-order valence-electron chi connectivity index (χ4n) is 2.01. The monoisotopic (exact) mass is 229 g/mol. The second-order valence-electron chi connectivity index (χ2n) is 5.59. The van der Waals surface area contributed by atoms with Gasteiger partial charge in [-0.15, -0.1) is 0 Å². The van der Waals surface area contributed by atoms with Crippen molar-refractivity contribution in [2.75, 3.05) is 7.05 Å². The molecule has 0 rings (SSSR count). The van der Waals surface area contributed by atoms with E-state index in [9.17, 15) is 4.79 Å². The molecule has 16 heavy (non-hydrogen) atoms. The van der Waals surface area contributed by atoms with Crippen molar-refractivity contribution in [3.63, 3.8) is 0 Å². The van der Waals surface area contributed by atoms with E-state index < -0.39 is 12.0 Å². The lowest BCUT2D eigenvalue weighted by molar-refractivity contribution is -0.143. The van der Waals surface area contributed by atoms with E-state index in [1.807, 2.05) is 11.9 Å². The lowest BCUT2D eigenvalue weighted by Gasteiger charge is -2.33. The molecule has 0 fully saturated rings. The zero-order chi connectivity index (χ0) is 12.9. The summed E-state index contributed by atoms with van der Waals surface area (Å²) in [6.07, 6.45) is 2.12. The van der Waals surface area contributed by atoms with Crippen LogP contribution >= 0.6 is 0 Å². The zero-order valence-corrected chi connectivity index (χ0v) is 11.5. The van der Waals surface area contributed by atoms with Crippen molar-refractivity contribution in [3.8, 4) is 0 Å². The number of likely N-dealkylation sites (N-methyl/N-ethyl adjacent to an activating group) is 1. The number of carbonyl (C=O) groups is 1. The van der Waals surface area contributed by atoms with Gasteiger partial charge in [0.05, 0.1) is 0 Å². The number of aliphatic carboxylic acids is 1. The van der Waals surface area contributed by atoms with Gasteiger partial charge in [0.1, 0.15) is 6.04 Å². The number of carboxylic acids is 1. The third-order valence-corrected chi connectivity index (χ3v) is 3.03. The highest BCUT2D eigenvalue weighted by atomic mass is 16.4.